The Bertz CT molecular complexity index is 305. The smallest absolute Gasteiger partial charge is 0.0315 e. The predicted molar refractivity (Wildman–Crippen MR) is 44.1 cm³/mol. The lowest BCUT2D eigenvalue weighted by molar-refractivity contribution is 1.08. The standard InChI is InChI=1S/C10H9N/c1-2-8-5-6-11-7-10(8)9-3-4-9/h1,5-7,9H,3-4H2. The van der Waals surface area contributed by atoms with E-state index in [1.807, 2.05) is 12.3 Å². The maximum atomic E-state index is 5.34. The van der Waals surface area contributed by atoms with E-state index >= 15 is 0 Å². The Hall–Kier alpha value is -1.29. The fourth-order valence-electron chi connectivity index (χ4n) is 1.26. The molecule has 0 aliphatic heterocycles. The van der Waals surface area contributed by atoms with Gasteiger partial charge in [-0.05, 0) is 30.4 Å². The number of hydrogen-bond donors (Lipinski definition) is 0. The van der Waals surface area contributed by atoms with Gasteiger partial charge in [0.1, 0.15) is 0 Å². The third kappa shape index (κ3) is 1.12. The van der Waals surface area contributed by atoms with Crippen molar-refractivity contribution in [3.63, 3.8) is 0 Å². The summed E-state index contributed by atoms with van der Waals surface area (Å²) >= 11 is 0. The molecule has 11 heavy (non-hydrogen) atoms. The third-order valence-corrected chi connectivity index (χ3v) is 2.02. The fourth-order valence-corrected chi connectivity index (χ4v) is 1.26. The van der Waals surface area contributed by atoms with E-state index in [2.05, 4.69) is 10.9 Å². The summed E-state index contributed by atoms with van der Waals surface area (Å²) in [6, 6.07) is 1.91. The minimum Gasteiger partial charge on any atom is -0.264 e. The summed E-state index contributed by atoms with van der Waals surface area (Å²) in [6.07, 6.45) is 11.5. The molecule has 0 spiro atoms. The van der Waals surface area contributed by atoms with Gasteiger partial charge in [-0.1, -0.05) is 5.92 Å². The Morgan fingerprint density at radius 3 is 3.00 bits per heavy atom. The molecule has 1 heteroatoms. The Morgan fingerprint density at radius 2 is 2.36 bits per heavy atom. The fraction of sp³-hybridized carbons (Fsp3) is 0.300. The van der Waals surface area contributed by atoms with Crippen LogP contribution in [0.3, 0.4) is 0 Å². The lowest BCUT2D eigenvalue weighted by atomic mass is 10.1. The number of pyridine rings is 1. The van der Waals surface area contributed by atoms with Crippen molar-refractivity contribution >= 4 is 0 Å². The number of rotatable bonds is 1. The van der Waals surface area contributed by atoms with Gasteiger partial charge in [-0.15, -0.1) is 6.42 Å². The average Bonchev–Trinajstić information content (AvgIpc) is 2.87. The molecule has 0 aromatic carbocycles. The van der Waals surface area contributed by atoms with Crippen molar-refractivity contribution in [3.8, 4) is 12.3 Å². The van der Waals surface area contributed by atoms with Crippen molar-refractivity contribution in [2.24, 2.45) is 0 Å². The molecule has 0 unspecified atom stereocenters. The van der Waals surface area contributed by atoms with Crippen LogP contribution >= 0.6 is 0 Å². The van der Waals surface area contributed by atoms with E-state index < -0.39 is 0 Å². The third-order valence-electron chi connectivity index (χ3n) is 2.02. The summed E-state index contributed by atoms with van der Waals surface area (Å²) in [5, 5.41) is 0. The zero-order valence-corrected chi connectivity index (χ0v) is 6.25. The maximum absolute atomic E-state index is 5.34. The highest BCUT2D eigenvalue weighted by molar-refractivity contribution is 5.41. The van der Waals surface area contributed by atoms with E-state index in [4.69, 9.17) is 6.42 Å². The second-order valence-corrected chi connectivity index (χ2v) is 2.88. The first kappa shape index (κ1) is 6.42. The lowest BCUT2D eigenvalue weighted by Gasteiger charge is -1.98. The molecule has 1 aliphatic rings. The molecule has 1 heterocycles. The number of terminal acetylenes is 1. The molecule has 0 radical (unpaired) electrons. The van der Waals surface area contributed by atoms with Crippen molar-refractivity contribution in [1.29, 1.82) is 0 Å². The highest BCUT2D eigenvalue weighted by Gasteiger charge is 2.25. The average molecular weight is 143 g/mol. The zero-order chi connectivity index (χ0) is 7.68. The van der Waals surface area contributed by atoms with E-state index in [-0.39, 0.29) is 0 Å². The van der Waals surface area contributed by atoms with Crippen LogP contribution in [0, 0.1) is 12.3 Å². The summed E-state index contributed by atoms with van der Waals surface area (Å²) in [4.78, 5) is 4.06. The highest BCUT2D eigenvalue weighted by atomic mass is 14.6. The van der Waals surface area contributed by atoms with Crippen LogP contribution < -0.4 is 0 Å². The molecule has 0 N–H and O–H groups in total. The summed E-state index contributed by atoms with van der Waals surface area (Å²) < 4.78 is 0. The van der Waals surface area contributed by atoms with Gasteiger partial charge in [0.15, 0.2) is 0 Å². The molecule has 1 saturated carbocycles. The quantitative estimate of drug-likeness (QED) is 0.547. The topological polar surface area (TPSA) is 12.9 Å². The first-order valence-electron chi connectivity index (χ1n) is 3.82. The van der Waals surface area contributed by atoms with Gasteiger partial charge >= 0.3 is 0 Å². The number of nitrogens with zero attached hydrogens (tertiary/aromatic N) is 1. The van der Waals surface area contributed by atoms with Gasteiger partial charge in [0.2, 0.25) is 0 Å². The van der Waals surface area contributed by atoms with Crippen LogP contribution in [-0.2, 0) is 0 Å². The van der Waals surface area contributed by atoms with Gasteiger partial charge in [0.25, 0.3) is 0 Å². The van der Waals surface area contributed by atoms with Crippen LogP contribution in [0.2, 0.25) is 0 Å². The Morgan fingerprint density at radius 1 is 1.55 bits per heavy atom. The first-order valence-corrected chi connectivity index (χ1v) is 3.82. The normalized spacial score (nSPS) is 15.9. The van der Waals surface area contributed by atoms with Gasteiger partial charge in [-0.2, -0.15) is 0 Å². The molecule has 1 aromatic rings. The molecule has 0 saturated heterocycles. The summed E-state index contributed by atoms with van der Waals surface area (Å²) in [6.45, 7) is 0. The second-order valence-electron chi connectivity index (χ2n) is 2.88. The van der Waals surface area contributed by atoms with Crippen LogP contribution in [-0.4, -0.2) is 4.98 Å². The molecule has 0 atom stereocenters. The Labute approximate surface area is 66.5 Å². The summed E-state index contributed by atoms with van der Waals surface area (Å²) in [7, 11) is 0. The van der Waals surface area contributed by atoms with Crippen LogP contribution in [0.1, 0.15) is 29.9 Å². The zero-order valence-electron chi connectivity index (χ0n) is 6.25. The van der Waals surface area contributed by atoms with Crippen LogP contribution in [0.15, 0.2) is 18.5 Å². The minimum absolute atomic E-state index is 0.703. The number of hydrogen-bond acceptors (Lipinski definition) is 1. The first-order chi connectivity index (χ1) is 5.42. The van der Waals surface area contributed by atoms with E-state index in [9.17, 15) is 0 Å². The minimum atomic E-state index is 0.703. The van der Waals surface area contributed by atoms with E-state index in [1.165, 1.54) is 18.4 Å². The Balaban J connectivity index is 2.44. The van der Waals surface area contributed by atoms with Crippen LogP contribution in [0.25, 0.3) is 0 Å². The van der Waals surface area contributed by atoms with Gasteiger partial charge in [0.05, 0.1) is 0 Å². The highest BCUT2D eigenvalue weighted by Crippen LogP contribution is 2.40. The van der Waals surface area contributed by atoms with Crippen molar-refractivity contribution in [1.82, 2.24) is 4.98 Å². The van der Waals surface area contributed by atoms with Gasteiger partial charge in [-0.3, -0.25) is 4.98 Å². The second kappa shape index (κ2) is 2.39. The molecule has 0 amide bonds. The summed E-state index contributed by atoms with van der Waals surface area (Å²) in [5.74, 6) is 3.38. The van der Waals surface area contributed by atoms with E-state index in [0.29, 0.717) is 5.92 Å². The SMILES string of the molecule is C#Cc1ccncc1C1CC1. The van der Waals surface area contributed by atoms with Gasteiger partial charge in [0, 0.05) is 18.0 Å². The van der Waals surface area contributed by atoms with E-state index in [1.54, 1.807) is 6.20 Å². The molecule has 1 aliphatic carbocycles. The van der Waals surface area contributed by atoms with Crippen molar-refractivity contribution in [2.45, 2.75) is 18.8 Å². The van der Waals surface area contributed by atoms with Gasteiger partial charge in [-0.25, -0.2) is 0 Å². The van der Waals surface area contributed by atoms with Gasteiger partial charge < -0.3 is 0 Å². The predicted octanol–water partition coefficient (Wildman–Crippen LogP) is 1.94. The maximum Gasteiger partial charge on any atom is 0.0315 e. The molecule has 0 bridgehead atoms. The van der Waals surface area contributed by atoms with Crippen molar-refractivity contribution in [2.75, 3.05) is 0 Å². The van der Waals surface area contributed by atoms with E-state index in [0.717, 1.165) is 5.56 Å². The largest absolute Gasteiger partial charge is 0.264 e. The molecule has 54 valence electrons. The van der Waals surface area contributed by atoms with Crippen molar-refractivity contribution in [3.05, 3.63) is 29.6 Å². The van der Waals surface area contributed by atoms with Crippen LogP contribution in [0.4, 0.5) is 0 Å². The number of aromatic nitrogens is 1. The molecule has 2 rings (SSSR count). The molecule has 1 fully saturated rings. The Kier molecular flexibility index (Phi) is 1.40. The van der Waals surface area contributed by atoms with Crippen molar-refractivity contribution < 1.29 is 0 Å². The summed E-state index contributed by atoms with van der Waals surface area (Å²) in [5.41, 5.74) is 2.28. The lowest BCUT2D eigenvalue weighted by Crippen LogP contribution is -1.87. The monoisotopic (exact) mass is 143 g/mol. The van der Waals surface area contributed by atoms with Crippen LogP contribution in [0.5, 0.6) is 0 Å². The molecular weight excluding hydrogens is 134 g/mol. The molecule has 1 nitrogen and oxygen atoms in total. The molecule has 1 aromatic heterocycles. The molecular formula is C10H9N.